The lowest BCUT2D eigenvalue weighted by Crippen LogP contribution is -1.99. The summed E-state index contributed by atoms with van der Waals surface area (Å²) in [5.41, 5.74) is 13.1. The molecular weight excluding hydrogens is 667 g/mol. The summed E-state index contributed by atoms with van der Waals surface area (Å²) in [5, 5.41) is 10.1. The van der Waals surface area contributed by atoms with Crippen LogP contribution < -0.4 is 0 Å². The molecule has 0 spiro atoms. The molecule has 55 heavy (non-hydrogen) atoms. The minimum atomic E-state index is 1.13. The molecule has 0 saturated heterocycles. The molecule has 3 heterocycles. The third-order valence-corrected chi connectivity index (χ3v) is 11.6. The molecule has 0 fully saturated rings. The van der Waals surface area contributed by atoms with Crippen molar-refractivity contribution in [2.75, 3.05) is 0 Å². The first kappa shape index (κ1) is 30.1. The van der Waals surface area contributed by atoms with Crippen molar-refractivity contribution in [1.29, 1.82) is 0 Å². The van der Waals surface area contributed by atoms with E-state index >= 15 is 0 Å². The summed E-state index contributed by atoms with van der Waals surface area (Å²) in [5.74, 6) is 0. The Kier molecular flexibility index (Phi) is 6.34. The van der Waals surface area contributed by atoms with E-state index < -0.39 is 0 Å². The minimum absolute atomic E-state index is 1.13. The van der Waals surface area contributed by atoms with E-state index in [2.05, 4.69) is 214 Å². The van der Waals surface area contributed by atoms with Crippen LogP contribution in [0.15, 0.2) is 200 Å². The molecule has 0 bridgehead atoms. The highest BCUT2D eigenvalue weighted by atomic mass is 15.0. The van der Waals surface area contributed by atoms with Crippen molar-refractivity contribution < 1.29 is 0 Å². The predicted molar refractivity (Wildman–Crippen MR) is 232 cm³/mol. The molecule has 12 rings (SSSR count). The molecule has 0 atom stereocenters. The number of benzene rings is 9. The minimum Gasteiger partial charge on any atom is -0.309 e. The van der Waals surface area contributed by atoms with Gasteiger partial charge >= 0.3 is 0 Å². The fraction of sp³-hybridized carbons (Fsp3) is 0. The van der Waals surface area contributed by atoms with Crippen LogP contribution in [0.2, 0.25) is 0 Å². The molecule has 3 heteroatoms. The van der Waals surface area contributed by atoms with Crippen LogP contribution in [0.5, 0.6) is 0 Å². The van der Waals surface area contributed by atoms with E-state index in [4.69, 9.17) is 0 Å². The van der Waals surface area contributed by atoms with Crippen molar-refractivity contribution in [2.45, 2.75) is 0 Å². The van der Waals surface area contributed by atoms with Gasteiger partial charge in [0.15, 0.2) is 0 Å². The Morgan fingerprint density at radius 1 is 0.255 bits per heavy atom. The van der Waals surface area contributed by atoms with E-state index in [1.54, 1.807) is 0 Å². The SMILES string of the molecule is c1ccc2c(-c3ccc(-n4c5ccccc5c5ccccc54)cc3)c3c(cc2c1)c1ccccc1n3-c1ccc(-n2c3ccccc3c3ccccc32)cc1. The average Bonchev–Trinajstić information content (AvgIpc) is 3.89. The summed E-state index contributed by atoms with van der Waals surface area (Å²) in [6, 6.07) is 73.2. The summed E-state index contributed by atoms with van der Waals surface area (Å²) in [6.45, 7) is 0. The Bertz CT molecular complexity index is 3350. The number of hydrogen-bond acceptors (Lipinski definition) is 0. The zero-order chi connectivity index (χ0) is 36.0. The molecule has 0 N–H and O–H groups in total. The van der Waals surface area contributed by atoms with Gasteiger partial charge in [0.05, 0.1) is 33.1 Å². The smallest absolute Gasteiger partial charge is 0.0625 e. The molecule has 0 aliphatic rings. The molecule has 9 aromatic carbocycles. The second-order valence-electron chi connectivity index (χ2n) is 14.5. The topological polar surface area (TPSA) is 14.8 Å². The summed E-state index contributed by atoms with van der Waals surface area (Å²) in [4.78, 5) is 0. The van der Waals surface area contributed by atoms with Crippen molar-refractivity contribution in [1.82, 2.24) is 13.7 Å². The van der Waals surface area contributed by atoms with E-state index in [-0.39, 0.29) is 0 Å². The maximum absolute atomic E-state index is 2.48. The van der Waals surface area contributed by atoms with Crippen molar-refractivity contribution in [2.24, 2.45) is 0 Å². The van der Waals surface area contributed by atoms with Crippen LogP contribution in [-0.4, -0.2) is 13.7 Å². The van der Waals surface area contributed by atoms with Gasteiger partial charge in [0.25, 0.3) is 0 Å². The van der Waals surface area contributed by atoms with Gasteiger partial charge in [-0.05, 0) is 89.1 Å². The summed E-state index contributed by atoms with van der Waals surface area (Å²) in [6.07, 6.45) is 0. The molecule has 3 aromatic heterocycles. The Hall–Kier alpha value is -7.36. The van der Waals surface area contributed by atoms with E-state index in [1.807, 2.05) is 0 Å². The lowest BCUT2D eigenvalue weighted by Gasteiger charge is -2.16. The molecule has 0 radical (unpaired) electrons. The fourth-order valence-electron chi connectivity index (χ4n) is 9.28. The zero-order valence-electron chi connectivity index (χ0n) is 29.9. The average molecular weight is 700 g/mol. The summed E-state index contributed by atoms with van der Waals surface area (Å²) >= 11 is 0. The molecule has 256 valence electrons. The number of para-hydroxylation sites is 5. The molecule has 0 unspecified atom stereocenters. The lowest BCUT2D eigenvalue weighted by atomic mass is 9.94. The van der Waals surface area contributed by atoms with Gasteiger partial charge in [0.2, 0.25) is 0 Å². The van der Waals surface area contributed by atoms with Crippen LogP contribution in [0.3, 0.4) is 0 Å². The van der Waals surface area contributed by atoms with Crippen LogP contribution in [0.1, 0.15) is 0 Å². The van der Waals surface area contributed by atoms with Crippen LogP contribution >= 0.6 is 0 Å². The van der Waals surface area contributed by atoms with Crippen molar-refractivity contribution in [3.63, 3.8) is 0 Å². The van der Waals surface area contributed by atoms with E-state index in [1.165, 1.54) is 87.3 Å². The van der Waals surface area contributed by atoms with Crippen LogP contribution in [0.25, 0.3) is 104 Å². The molecule has 12 aromatic rings. The van der Waals surface area contributed by atoms with Crippen LogP contribution in [0.4, 0.5) is 0 Å². The molecule has 0 amide bonds. The highest BCUT2D eigenvalue weighted by molar-refractivity contribution is 6.21. The Balaban J connectivity index is 1.09. The first-order valence-electron chi connectivity index (χ1n) is 18.9. The van der Waals surface area contributed by atoms with Gasteiger partial charge in [0, 0.05) is 54.9 Å². The Labute approximate surface area is 317 Å². The number of fused-ring (bicyclic) bond motifs is 10. The second kappa shape index (κ2) is 11.6. The number of rotatable bonds is 4. The first-order valence-corrected chi connectivity index (χ1v) is 18.9. The maximum Gasteiger partial charge on any atom is 0.0625 e. The number of nitrogens with zero attached hydrogens (tertiary/aromatic N) is 3. The molecule has 0 aliphatic carbocycles. The van der Waals surface area contributed by atoms with Gasteiger partial charge in [-0.25, -0.2) is 0 Å². The number of aromatic nitrogens is 3. The second-order valence-corrected chi connectivity index (χ2v) is 14.5. The van der Waals surface area contributed by atoms with Crippen LogP contribution in [-0.2, 0) is 0 Å². The quantitative estimate of drug-likeness (QED) is 0.174. The lowest BCUT2D eigenvalue weighted by molar-refractivity contribution is 1.15. The normalized spacial score (nSPS) is 12.0. The van der Waals surface area contributed by atoms with Crippen molar-refractivity contribution >= 4 is 76.2 Å². The van der Waals surface area contributed by atoms with Gasteiger partial charge in [0.1, 0.15) is 0 Å². The third-order valence-electron chi connectivity index (χ3n) is 11.6. The summed E-state index contributed by atoms with van der Waals surface area (Å²) < 4.78 is 7.25. The standard InChI is InChI=1S/C52H33N3/c1-2-14-39-35(13-1)33-45-44-19-7-12-24-50(44)55(38-31-29-37(30-32-38)54-48-22-10-5-17-42(48)43-18-6-11-23-49(43)54)52(45)51(39)34-25-27-36(28-26-34)53-46-20-8-3-15-40(46)41-16-4-9-21-47(41)53/h1-33H. The van der Waals surface area contributed by atoms with E-state index in [0.717, 1.165) is 17.1 Å². The van der Waals surface area contributed by atoms with Gasteiger partial charge in [-0.15, -0.1) is 0 Å². The van der Waals surface area contributed by atoms with Crippen molar-refractivity contribution in [3.8, 4) is 28.2 Å². The van der Waals surface area contributed by atoms with E-state index in [0.29, 0.717) is 0 Å². The van der Waals surface area contributed by atoms with Gasteiger partial charge in [-0.3, -0.25) is 0 Å². The van der Waals surface area contributed by atoms with Crippen molar-refractivity contribution in [3.05, 3.63) is 200 Å². The predicted octanol–water partition coefficient (Wildman–Crippen LogP) is 13.8. The molecule has 0 aliphatic heterocycles. The molecule has 3 nitrogen and oxygen atoms in total. The monoisotopic (exact) mass is 699 g/mol. The Morgan fingerprint density at radius 2 is 0.582 bits per heavy atom. The highest BCUT2D eigenvalue weighted by Crippen LogP contribution is 2.43. The largest absolute Gasteiger partial charge is 0.309 e. The van der Waals surface area contributed by atoms with Gasteiger partial charge < -0.3 is 13.7 Å². The Morgan fingerprint density at radius 3 is 1.04 bits per heavy atom. The number of hydrogen-bond donors (Lipinski definition) is 0. The first-order chi connectivity index (χ1) is 27.3. The molecule has 0 saturated carbocycles. The fourth-order valence-corrected chi connectivity index (χ4v) is 9.28. The molecular formula is C52H33N3. The van der Waals surface area contributed by atoms with Gasteiger partial charge in [-0.2, -0.15) is 0 Å². The van der Waals surface area contributed by atoms with E-state index in [9.17, 15) is 0 Å². The highest BCUT2D eigenvalue weighted by Gasteiger charge is 2.21. The van der Waals surface area contributed by atoms with Crippen LogP contribution in [0, 0.1) is 0 Å². The maximum atomic E-state index is 2.48. The third kappa shape index (κ3) is 4.32. The van der Waals surface area contributed by atoms with Gasteiger partial charge in [-0.1, -0.05) is 127 Å². The summed E-state index contributed by atoms with van der Waals surface area (Å²) in [7, 11) is 0. The zero-order valence-corrected chi connectivity index (χ0v) is 29.9.